The lowest BCUT2D eigenvalue weighted by atomic mass is 10.1. The number of hydrogen-bond donors (Lipinski definition) is 0. The molecule has 0 nitrogen and oxygen atoms in total. The molecule has 0 aliphatic rings. The molecule has 0 spiro atoms. The predicted octanol–water partition coefficient (Wildman–Crippen LogP) is 4.88. The first-order chi connectivity index (χ1) is 7.33. The van der Waals surface area contributed by atoms with Crippen LogP contribution in [0.1, 0.15) is 44.9 Å². The topological polar surface area (TPSA) is 0 Å². The van der Waals surface area contributed by atoms with E-state index >= 15 is 0 Å². The van der Waals surface area contributed by atoms with Crippen LogP contribution in [0.5, 0.6) is 0 Å². The number of alkyl halides is 6. The van der Waals surface area contributed by atoms with Gasteiger partial charge < -0.3 is 0 Å². The summed E-state index contributed by atoms with van der Waals surface area (Å²) in [6.45, 7) is 0. The molecule has 0 aliphatic heterocycles. The van der Waals surface area contributed by atoms with Gasteiger partial charge in [0.05, 0.1) is 0 Å². The standard InChI is InChI=1S/C10H16F6/c11-8(9(12)13)6-4-2-1-3-5-7-10(14,15)16/h8-9H,1-7H2. The minimum atomic E-state index is -4.13. The van der Waals surface area contributed by atoms with Crippen LogP contribution in [0, 0.1) is 0 Å². The molecule has 0 saturated heterocycles. The molecule has 1 atom stereocenters. The third-order valence-corrected chi connectivity index (χ3v) is 2.21. The molecule has 98 valence electrons. The first kappa shape index (κ1) is 15.6. The van der Waals surface area contributed by atoms with E-state index < -0.39 is 25.2 Å². The number of hydrogen-bond acceptors (Lipinski definition) is 0. The molecular weight excluding hydrogens is 234 g/mol. The van der Waals surface area contributed by atoms with Gasteiger partial charge >= 0.3 is 6.18 Å². The molecule has 0 N–H and O–H groups in total. The average molecular weight is 250 g/mol. The summed E-state index contributed by atoms with van der Waals surface area (Å²) in [5.74, 6) is 0. The largest absolute Gasteiger partial charge is 0.389 e. The molecule has 0 bridgehead atoms. The second-order valence-electron chi connectivity index (χ2n) is 3.77. The second-order valence-corrected chi connectivity index (χ2v) is 3.77. The fourth-order valence-electron chi connectivity index (χ4n) is 1.32. The Bertz CT molecular complexity index is 165. The van der Waals surface area contributed by atoms with E-state index in [1.165, 1.54) is 0 Å². The summed E-state index contributed by atoms with van der Waals surface area (Å²) in [5, 5.41) is 0. The molecule has 0 saturated carbocycles. The van der Waals surface area contributed by atoms with Gasteiger partial charge in [-0.2, -0.15) is 13.2 Å². The maximum atomic E-state index is 12.4. The molecule has 0 aliphatic carbocycles. The Hall–Kier alpha value is -0.420. The number of halogens is 6. The summed E-state index contributed by atoms with van der Waals surface area (Å²) in [7, 11) is 0. The van der Waals surface area contributed by atoms with Crippen LogP contribution in [0.3, 0.4) is 0 Å². The molecule has 16 heavy (non-hydrogen) atoms. The summed E-state index contributed by atoms with van der Waals surface area (Å²) in [5.41, 5.74) is 0. The summed E-state index contributed by atoms with van der Waals surface area (Å²) < 4.78 is 70.8. The second kappa shape index (κ2) is 7.79. The maximum absolute atomic E-state index is 12.4. The first-order valence-electron chi connectivity index (χ1n) is 5.32. The van der Waals surface area contributed by atoms with Crippen molar-refractivity contribution in [1.82, 2.24) is 0 Å². The van der Waals surface area contributed by atoms with Gasteiger partial charge in [-0.15, -0.1) is 0 Å². The van der Waals surface area contributed by atoms with Crippen LogP contribution in [-0.2, 0) is 0 Å². The van der Waals surface area contributed by atoms with Crippen LogP contribution < -0.4 is 0 Å². The Morgan fingerprint density at radius 1 is 0.750 bits per heavy atom. The number of rotatable bonds is 8. The zero-order chi connectivity index (χ0) is 12.6. The van der Waals surface area contributed by atoms with E-state index in [2.05, 4.69) is 0 Å². The van der Waals surface area contributed by atoms with Crippen LogP contribution in [-0.4, -0.2) is 18.8 Å². The van der Waals surface area contributed by atoms with Crippen LogP contribution in [0.15, 0.2) is 0 Å². The van der Waals surface area contributed by atoms with E-state index in [4.69, 9.17) is 0 Å². The molecular formula is C10H16F6. The van der Waals surface area contributed by atoms with Crippen LogP contribution >= 0.6 is 0 Å². The Morgan fingerprint density at radius 3 is 1.75 bits per heavy atom. The molecule has 6 heteroatoms. The van der Waals surface area contributed by atoms with Gasteiger partial charge in [0.1, 0.15) is 0 Å². The fraction of sp³-hybridized carbons (Fsp3) is 1.00. The number of unbranched alkanes of at least 4 members (excludes halogenated alkanes) is 4. The van der Waals surface area contributed by atoms with Gasteiger partial charge in [0.2, 0.25) is 0 Å². The van der Waals surface area contributed by atoms with Gasteiger partial charge in [0.25, 0.3) is 6.43 Å². The van der Waals surface area contributed by atoms with Crippen molar-refractivity contribution in [1.29, 1.82) is 0 Å². The highest BCUT2D eigenvalue weighted by molar-refractivity contribution is 4.59. The van der Waals surface area contributed by atoms with Crippen LogP contribution in [0.25, 0.3) is 0 Å². The molecule has 0 heterocycles. The van der Waals surface area contributed by atoms with Crippen molar-refractivity contribution < 1.29 is 26.3 Å². The quantitative estimate of drug-likeness (QED) is 0.425. The molecule has 0 rings (SSSR count). The zero-order valence-electron chi connectivity index (χ0n) is 8.87. The van der Waals surface area contributed by atoms with E-state index in [9.17, 15) is 26.3 Å². The lowest BCUT2D eigenvalue weighted by molar-refractivity contribution is -0.135. The van der Waals surface area contributed by atoms with E-state index in [1.807, 2.05) is 0 Å². The van der Waals surface area contributed by atoms with E-state index in [-0.39, 0.29) is 12.8 Å². The molecule has 0 amide bonds. The van der Waals surface area contributed by atoms with Gasteiger partial charge in [0, 0.05) is 6.42 Å². The molecule has 0 aromatic heterocycles. The third-order valence-electron chi connectivity index (χ3n) is 2.21. The highest BCUT2D eigenvalue weighted by atomic mass is 19.4. The minimum Gasteiger partial charge on any atom is -0.241 e. The smallest absolute Gasteiger partial charge is 0.241 e. The zero-order valence-corrected chi connectivity index (χ0v) is 8.87. The van der Waals surface area contributed by atoms with Crippen molar-refractivity contribution in [3.63, 3.8) is 0 Å². The lowest BCUT2D eigenvalue weighted by Crippen LogP contribution is -2.11. The monoisotopic (exact) mass is 250 g/mol. The third kappa shape index (κ3) is 10.1. The summed E-state index contributed by atoms with van der Waals surface area (Å²) in [6.07, 6.45) is -8.40. The van der Waals surface area contributed by atoms with Crippen LogP contribution in [0.2, 0.25) is 0 Å². The lowest BCUT2D eigenvalue weighted by Gasteiger charge is -2.07. The van der Waals surface area contributed by atoms with Crippen molar-refractivity contribution in [3.8, 4) is 0 Å². The molecule has 0 aromatic carbocycles. The van der Waals surface area contributed by atoms with Gasteiger partial charge in [-0.1, -0.05) is 25.7 Å². The van der Waals surface area contributed by atoms with Crippen LogP contribution in [0.4, 0.5) is 26.3 Å². The fourth-order valence-corrected chi connectivity index (χ4v) is 1.32. The molecule has 0 radical (unpaired) electrons. The normalized spacial score (nSPS) is 14.4. The predicted molar refractivity (Wildman–Crippen MR) is 49.3 cm³/mol. The summed E-state index contributed by atoms with van der Waals surface area (Å²) in [4.78, 5) is 0. The minimum absolute atomic E-state index is 0.0530. The van der Waals surface area contributed by atoms with Gasteiger partial charge in [-0.3, -0.25) is 0 Å². The first-order valence-corrected chi connectivity index (χ1v) is 5.32. The maximum Gasteiger partial charge on any atom is 0.389 e. The van der Waals surface area contributed by atoms with E-state index in [1.54, 1.807) is 0 Å². The van der Waals surface area contributed by atoms with E-state index in [0.717, 1.165) is 0 Å². The van der Waals surface area contributed by atoms with Crippen molar-refractivity contribution >= 4 is 0 Å². The Labute approximate surface area is 91.0 Å². The van der Waals surface area contributed by atoms with Gasteiger partial charge in [-0.25, -0.2) is 13.2 Å². The average Bonchev–Trinajstić information content (AvgIpc) is 2.14. The van der Waals surface area contributed by atoms with Crippen molar-refractivity contribution in [2.24, 2.45) is 0 Å². The highest BCUT2D eigenvalue weighted by Gasteiger charge is 2.25. The van der Waals surface area contributed by atoms with Crippen molar-refractivity contribution in [2.75, 3.05) is 0 Å². The van der Waals surface area contributed by atoms with Crippen molar-refractivity contribution in [3.05, 3.63) is 0 Å². The SMILES string of the molecule is FC(F)C(F)CCCCCCCC(F)(F)F. The van der Waals surface area contributed by atoms with Gasteiger partial charge in [-0.05, 0) is 12.8 Å². The Kier molecular flexibility index (Phi) is 7.58. The summed E-state index contributed by atoms with van der Waals surface area (Å²) in [6, 6.07) is 0. The summed E-state index contributed by atoms with van der Waals surface area (Å²) >= 11 is 0. The molecule has 1 unspecified atom stereocenters. The highest BCUT2D eigenvalue weighted by Crippen LogP contribution is 2.23. The van der Waals surface area contributed by atoms with Crippen molar-refractivity contribution in [2.45, 2.75) is 63.7 Å². The van der Waals surface area contributed by atoms with E-state index in [0.29, 0.717) is 25.7 Å². The molecule has 0 fully saturated rings. The van der Waals surface area contributed by atoms with Gasteiger partial charge in [0.15, 0.2) is 6.17 Å². The molecule has 0 aromatic rings. The Morgan fingerprint density at radius 2 is 1.25 bits per heavy atom. The Balaban J connectivity index is 3.22.